The van der Waals surface area contributed by atoms with Crippen molar-refractivity contribution in [2.75, 3.05) is 20.1 Å². The van der Waals surface area contributed by atoms with Crippen LogP contribution in [0.4, 0.5) is 4.39 Å². The van der Waals surface area contributed by atoms with Gasteiger partial charge in [0, 0.05) is 51.0 Å². The lowest BCUT2D eigenvalue weighted by Crippen LogP contribution is -2.48. The van der Waals surface area contributed by atoms with Crippen LogP contribution in [-0.4, -0.2) is 42.0 Å². The second-order valence-corrected chi connectivity index (χ2v) is 6.86. The van der Waals surface area contributed by atoms with Crippen LogP contribution in [0.3, 0.4) is 0 Å². The first kappa shape index (κ1) is 23.0. The van der Waals surface area contributed by atoms with Crippen molar-refractivity contribution in [1.82, 2.24) is 20.5 Å². The molecule has 1 fully saturated rings. The van der Waals surface area contributed by atoms with Gasteiger partial charge in [-0.05, 0) is 43.2 Å². The van der Waals surface area contributed by atoms with Gasteiger partial charge in [0.15, 0.2) is 5.96 Å². The first-order valence-corrected chi connectivity index (χ1v) is 9.46. The van der Waals surface area contributed by atoms with Crippen LogP contribution in [0, 0.1) is 17.1 Å². The molecule has 1 aromatic carbocycles. The number of hydrogen-bond acceptors (Lipinski definition) is 4. The second-order valence-electron chi connectivity index (χ2n) is 6.86. The maximum Gasteiger partial charge on any atom is 0.191 e. The Labute approximate surface area is 188 Å². The van der Waals surface area contributed by atoms with Gasteiger partial charge in [-0.3, -0.25) is 14.9 Å². The smallest absolute Gasteiger partial charge is 0.191 e. The van der Waals surface area contributed by atoms with Crippen molar-refractivity contribution >= 4 is 29.9 Å². The summed E-state index contributed by atoms with van der Waals surface area (Å²) in [5, 5.41) is 15.5. The van der Waals surface area contributed by atoms with E-state index in [4.69, 9.17) is 5.26 Å². The zero-order valence-electron chi connectivity index (χ0n) is 16.4. The Hall–Kier alpha value is -2.25. The second kappa shape index (κ2) is 11.7. The number of pyridine rings is 1. The molecule has 0 atom stereocenters. The number of aliphatic imine (C=N–C) groups is 1. The van der Waals surface area contributed by atoms with Crippen LogP contribution < -0.4 is 10.6 Å². The average Bonchev–Trinajstić information content (AvgIpc) is 2.74. The number of likely N-dealkylation sites (tertiary alicyclic amines) is 1. The van der Waals surface area contributed by atoms with Crippen molar-refractivity contribution in [3.8, 4) is 6.07 Å². The minimum atomic E-state index is -0.329. The number of benzene rings is 1. The lowest BCUT2D eigenvalue weighted by atomic mass is 10.0. The van der Waals surface area contributed by atoms with Gasteiger partial charge in [0.25, 0.3) is 0 Å². The van der Waals surface area contributed by atoms with Gasteiger partial charge < -0.3 is 10.6 Å². The number of nitrogens with one attached hydrogen (secondary N) is 2. The maximum atomic E-state index is 13.9. The van der Waals surface area contributed by atoms with Crippen molar-refractivity contribution < 1.29 is 4.39 Å². The molecule has 0 bridgehead atoms. The highest BCUT2D eigenvalue weighted by molar-refractivity contribution is 14.0. The molecule has 1 saturated heterocycles. The number of rotatable bonds is 5. The molecule has 2 N–H and O–H groups in total. The van der Waals surface area contributed by atoms with Crippen molar-refractivity contribution in [3.63, 3.8) is 0 Å². The summed E-state index contributed by atoms with van der Waals surface area (Å²) in [4.78, 5) is 11.0. The van der Waals surface area contributed by atoms with Gasteiger partial charge in [-0.25, -0.2) is 4.39 Å². The molecule has 0 amide bonds. The first-order chi connectivity index (χ1) is 13.7. The summed E-state index contributed by atoms with van der Waals surface area (Å²) in [5.41, 5.74) is 1.99. The molecule has 1 aliphatic heterocycles. The summed E-state index contributed by atoms with van der Waals surface area (Å²) in [6.07, 6.45) is 3.84. The number of nitrogens with zero attached hydrogens (tertiary/aromatic N) is 4. The standard InChI is InChI=1S/C21H25FN6.HI/c1-24-21(26-14-17-12-16(13-23)5-6-20(17)22)27-18-7-10-28(11-8-18)15-19-4-2-3-9-25-19;/h2-6,9,12,18H,7-8,10-11,14-15H2,1H3,(H2,24,26,27);1H. The van der Waals surface area contributed by atoms with E-state index in [1.807, 2.05) is 24.4 Å². The summed E-state index contributed by atoms with van der Waals surface area (Å²) in [6, 6.07) is 12.7. The molecular formula is C21H26FIN6. The van der Waals surface area contributed by atoms with Crippen molar-refractivity contribution in [3.05, 3.63) is 65.2 Å². The fourth-order valence-electron chi connectivity index (χ4n) is 3.30. The molecule has 3 rings (SSSR count). The van der Waals surface area contributed by atoms with Crippen molar-refractivity contribution in [2.24, 2.45) is 4.99 Å². The molecule has 6 nitrogen and oxygen atoms in total. The summed E-state index contributed by atoms with van der Waals surface area (Å²) in [7, 11) is 1.70. The normalized spacial score (nSPS) is 15.3. The van der Waals surface area contributed by atoms with E-state index in [1.165, 1.54) is 12.1 Å². The molecule has 154 valence electrons. The first-order valence-electron chi connectivity index (χ1n) is 9.46. The molecule has 0 aliphatic carbocycles. The number of halogens is 2. The fraction of sp³-hybridized carbons (Fsp3) is 0.381. The molecule has 0 unspecified atom stereocenters. The molecule has 2 aromatic rings. The summed E-state index contributed by atoms with van der Waals surface area (Å²) >= 11 is 0. The molecule has 0 saturated carbocycles. The molecule has 0 radical (unpaired) electrons. The zero-order valence-corrected chi connectivity index (χ0v) is 18.8. The molecule has 1 aromatic heterocycles. The van der Waals surface area contributed by atoms with Crippen molar-refractivity contribution in [2.45, 2.75) is 32.0 Å². The topological polar surface area (TPSA) is 76.3 Å². The Morgan fingerprint density at radius 3 is 2.76 bits per heavy atom. The highest BCUT2D eigenvalue weighted by Crippen LogP contribution is 2.13. The Morgan fingerprint density at radius 1 is 1.31 bits per heavy atom. The quantitative estimate of drug-likeness (QED) is 0.369. The third kappa shape index (κ3) is 6.94. The lowest BCUT2D eigenvalue weighted by Gasteiger charge is -2.32. The predicted octanol–water partition coefficient (Wildman–Crippen LogP) is 3.04. The van der Waals surface area contributed by atoms with E-state index in [9.17, 15) is 4.39 Å². The largest absolute Gasteiger partial charge is 0.354 e. The van der Waals surface area contributed by atoms with Gasteiger partial charge in [-0.1, -0.05) is 6.07 Å². The van der Waals surface area contributed by atoms with Crippen LogP contribution in [0.15, 0.2) is 47.6 Å². The van der Waals surface area contributed by atoms with E-state index in [-0.39, 0.29) is 36.3 Å². The van der Waals surface area contributed by atoms with Gasteiger partial charge in [-0.2, -0.15) is 5.26 Å². The van der Waals surface area contributed by atoms with Crippen LogP contribution in [0.1, 0.15) is 29.7 Å². The van der Waals surface area contributed by atoms with E-state index >= 15 is 0 Å². The number of aromatic nitrogens is 1. The minimum absolute atomic E-state index is 0. The number of guanidine groups is 1. The molecule has 2 heterocycles. The van der Waals surface area contributed by atoms with Crippen LogP contribution in [0.2, 0.25) is 0 Å². The third-order valence-corrected chi connectivity index (χ3v) is 4.88. The molecular weight excluding hydrogens is 482 g/mol. The summed E-state index contributed by atoms with van der Waals surface area (Å²) in [5.74, 6) is 0.315. The predicted molar refractivity (Wildman–Crippen MR) is 122 cm³/mol. The molecule has 1 aliphatic rings. The van der Waals surface area contributed by atoms with Crippen LogP contribution in [0.5, 0.6) is 0 Å². The number of hydrogen-bond donors (Lipinski definition) is 2. The zero-order chi connectivity index (χ0) is 19.8. The van der Waals surface area contributed by atoms with Crippen LogP contribution in [-0.2, 0) is 13.1 Å². The van der Waals surface area contributed by atoms with E-state index in [1.54, 1.807) is 13.1 Å². The van der Waals surface area contributed by atoms with E-state index in [2.05, 4.69) is 31.6 Å². The van der Waals surface area contributed by atoms with E-state index < -0.39 is 0 Å². The average molecular weight is 508 g/mol. The summed E-state index contributed by atoms with van der Waals surface area (Å²) < 4.78 is 13.9. The van der Waals surface area contributed by atoms with E-state index in [0.29, 0.717) is 23.1 Å². The highest BCUT2D eigenvalue weighted by Gasteiger charge is 2.20. The number of piperidine rings is 1. The molecule has 29 heavy (non-hydrogen) atoms. The Kier molecular flexibility index (Phi) is 9.28. The summed E-state index contributed by atoms with van der Waals surface area (Å²) in [6.45, 7) is 3.13. The molecule has 0 spiro atoms. The van der Waals surface area contributed by atoms with Crippen LogP contribution in [0.25, 0.3) is 0 Å². The van der Waals surface area contributed by atoms with Gasteiger partial charge in [-0.15, -0.1) is 24.0 Å². The third-order valence-electron chi connectivity index (χ3n) is 4.88. The highest BCUT2D eigenvalue weighted by atomic mass is 127. The van der Waals surface area contributed by atoms with Crippen LogP contribution >= 0.6 is 24.0 Å². The monoisotopic (exact) mass is 508 g/mol. The number of nitriles is 1. The van der Waals surface area contributed by atoms with Crippen molar-refractivity contribution in [1.29, 1.82) is 5.26 Å². The maximum absolute atomic E-state index is 13.9. The van der Waals surface area contributed by atoms with E-state index in [0.717, 1.165) is 38.2 Å². The van der Waals surface area contributed by atoms with Gasteiger partial charge in [0.05, 0.1) is 17.3 Å². The Balaban J connectivity index is 0.00000300. The van der Waals surface area contributed by atoms with Gasteiger partial charge in [0.2, 0.25) is 0 Å². The van der Waals surface area contributed by atoms with Gasteiger partial charge >= 0.3 is 0 Å². The Bertz CT molecular complexity index is 844. The lowest BCUT2D eigenvalue weighted by molar-refractivity contribution is 0.196. The SMILES string of the molecule is CN=C(NCc1cc(C#N)ccc1F)NC1CCN(Cc2ccccn2)CC1.I. The van der Waals surface area contributed by atoms with Gasteiger partial charge in [0.1, 0.15) is 5.82 Å². The fourth-order valence-corrected chi connectivity index (χ4v) is 3.30. The Morgan fingerprint density at radius 2 is 2.10 bits per heavy atom. The minimum Gasteiger partial charge on any atom is -0.354 e. The molecule has 8 heteroatoms.